The second-order valence-electron chi connectivity index (χ2n) is 7.21. The lowest BCUT2D eigenvalue weighted by Crippen LogP contribution is -2.01. The summed E-state index contributed by atoms with van der Waals surface area (Å²) >= 11 is 3.55. The second-order valence-corrected chi connectivity index (χ2v) is 8.13. The van der Waals surface area contributed by atoms with Crippen molar-refractivity contribution in [2.45, 2.75) is 26.2 Å². The monoisotopic (exact) mass is 427 g/mol. The molecule has 0 saturated heterocycles. The zero-order valence-corrected chi connectivity index (χ0v) is 17.1. The first-order chi connectivity index (χ1) is 13.7. The molecule has 0 saturated carbocycles. The fourth-order valence-corrected chi connectivity index (χ4v) is 4.64. The molecule has 0 atom stereocenters. The SMILES string of the molecule is Cc1c(C#N)c2nc3c(c(-c4ccc(Br)cc4)c2n1-c1ccccc1)CCC3. The molecule has 0 radical (unpaired) electrons. The molecule has 0 amide bonds. The standard InChI is InChI=1S/C24H18BrN3/c1-15-20(14-26)23-24(28(15)18-6-3-2-4-7-18)22(16-10-12-17(25)13-11-16)19-8-5-9-21(19)27-23/h2-4,6-7,10-13H,5,8-9H2,1H3. The third kappa shape index (κ3) is 2.51. The van der Waals surface area contributed by atoms with Crippen LogP contribution in [0.3, 0.4) is 0 Å². The quantitative estimate of drug-likeness (QED) is 0.386. The van der Waals surface area contributed by atoms with E-state index in [4.69, 9.17) is 4.98 Å². The molecule has 28 heavy (non-hydrogen) atoms. The van der Waals surface area contributed by atoms with Crippen molar-refractivity contribution in [1.82, 2.24) is 9.55 Å². The number of aromatic nitrogens is 2. The van der Waals surface area contributed by atoms with E-state index < -0.39 is 0 Å². The molecule has 0 spiro atoms. The minimum atomic E-state index is 0.673. The van der Waals surface area contributed by atoms with Gasteiger partial charge in [0.25, 0.3) is 0 Å². The highest BCUT2D eigenvalue weighted by Crippen LogP contribution is 2.41. The van der Waals surface area contributed by atoms with Gasteiger partial charge < -0.3 is 4.57 Å². The van der Waals surface area contributed by atoms with E-state index in [1.165, 1.54) is 16.7 Å². The van der Waals surface area contributed by atoms with E-state index >= 15 is 0 Å². The Bertz CT molecular complexity index is 1250. The number of rotatable bonds is 2. The predicted octanol–water partition coefficient (Wildman–Crippen LogP) is 6.12. The van der Waals surface area contributed by atoms with E-state index in [1.54, 1.807) is 0 Å². The molecule has 136 valence electrons. The molecule has 1 aliphatic rings. The normalized spacial score (nSPS) is 12.9. The third-order valence-corrected chi connectivity index (χ3v) is 6.14. The predicted molar refractivity (Wildman–Crippen MR) is 116 cm³/mol. The minimum Gasteiger partial charge on any atom is -0.310 e. The van der Waals surface area contributed by atoms with Crippen LogP contribution >= 0.6 is 15.9 Å². The molecule has 0 bridgehead atoms. The number of hydrogen-bond acceptors (Lipinski definition) is 2. The zero-order valence-electron chi connectivity index (χ0n) is 15.5. The van der Waals surface area contributed by atoms with Gasteiger partial charge in [0, 0.05) is 27.1 Å². The van der Waals surface area contributed by atoms with Crippen LogP contribution in [0.4, 0.5) is 0 Å². The molecule has 2 heterocycles. The largest absolute Gasteiger partial charge is 0.310 e. The number of para-hydroxylation sites is 1. The van der Waals surface area contributed by atoms with Crippen LogP contribution in [-0.2, 0) is 12.8 Å². The molecule has 1 aliphatic carbocycles. The summed E-state index contributed by atoms with van der Waals surface area (Å²) in [5.41, 5.74) is 9.41. The first-order valence-corrected chi connectivity index (χ1v) is 10.3. The van der Waals surface area contributed by atoms with Crippen LogP contribution in [0.15, 0.2) is 59.1 Å². The van der Waals surface area contributed by atoms with Crippen LogP contribution in [0.25, 0.3) is 27.8 Å². The van der Waals surface area contributed by atoms with Gasteiger partial charge in [-0.1, -0.05) is 46.3 Å². The minimum absolute atomic E-state index is 0.673. The van der Waals surface area contributed by atoms with Gasteiger partial charge in [-0.05, 0) is 61.6 Å². The van der Waals surface area contributed by atoms with Crippen LogP contribution in [0.1, 0.15) is 28.9 Å². The molecule has 2 aromatic heterocycles. The van der Waals surface area contributed by atoms with Crippen molar-refractivity contribution in [3.8, 4) is 22.9 Å². The Hall–Kier alpha value is -2.90. The highest BCUT2D eigenvalue weighted by Gasteiger charge is 2.27. The van der Waals surface area contributed by atoms with Crippen molar-refractivity contribution in [2.75, 3.05) is 0 Å². The first-order valence-electron chi connectivity index (χ1n) is 9.47. The number of pyridine rings is 1. The molecule has 2 aromatic carbocycles. The summed E-state index contributed by atoms with van der Waals surface area (Å²) in [4.78, 5) is 4.98. The van der Waals surface area contributed by atoms with Gasteiger partial charge in [-0.2, -0.15) is 5.26 Å². The van der Waals surface area contributed by atoms with Crippen molar-refractivity contribution < 1.29 is 0 Å². The molecular formula is C24H18BrN3. The van der Waals surface area contributed by atoms with E-state index in [2.05, 4.69) is 63.0 Å². The van der Waals surface area contributed by atoms with Gasteiger partial charge in [0.1, 0.15) is 11.6 Å². The van der Waals surface area contributed by atoms with Gasteiger partial charge in [-0.3, -0.25) is 0 Å². The maximum atomic E-state index is 9.91. The molecule has 0 N–H and O–H groups in total. The van der Waals surface area contributed by atoms with Gasteiger partial charge >= 0.3 is 0 Å². The Kier molecular flexibility index (Phi) is 4.07. The number of nitriles is 1. The lowest BCUT2D eigenvalue weighted by atomic mass is 9.97. The average molecular weight is 428 g/mol. The van der Waals surface area contributed by atoms with Gasteiger partial charge in [-0.25, -0.2) is 4.98 Å². The summed E-state index contributed by atoms with van der Waals surface area (Å²) in [6, 6.07) is 21.1. The molecule has 5 rings (SSSR count). The number of halogens is 1. The van der Waals surface area contributed by atoms with Gasteiger partial charge in [0.15, 0.2) is 0 Å². The summed E-state index contributed by atoms with van der Waals surface area (Å²) < 4.78 is 3.27. The Morgan fingerprint density at radius 3 is 2.50 bits per heavy atom. The Morgan fingerprint density at radius 1 is 1.04 bits per heavy atom. The van der Waals surface area contributed by atoms with Crippen LogP contribution in [0.2, 0.25) is 0 Å². The molecule has 4 aromatic rings. The van der Waals surface area contributed by atoms with E-state index in [-0.39, 0.29) is 0 Å². The maximum Gasteiger partial charge on any atom is 0.108 e. The summed E-state index contributed by atoms with van der Waals surface area (Å²) in [6.07, 6.45) is 3.13. The highest BCUT2D eigenvalue weighted by atomic mass is 79.9. The average Bonchev–Trinajstić information content (AvgIpc) is 3.29. The van der Waals surface area contributed by atoms with E-state index in [9.17, 15) is 5.26 Å². The van der Waals surface area contributed by atoms with Crippen molar-refractivity contribution in [2.24, 2.45) is 0 Å². The Morgan fingerprint density at radius 2 is 1.79 bits per heavy atom. The number of hydrogen-bond donors (Lipinski definition) is 0. The molecule has 0 unspecified atom stereocenters. The van der Waals surface area contributed by atoms with E-state index in [1.807, 2.05) is 25.1 Å². The smallest absolute Gasteiger partial charge is 0.108 e. The Labute approximate surface area is 172 Å². The summed E-state index contributed by atoms with van der Waals surface area (Å²) in [6.45, 7) is 2.02. The molecule has 0 fully saturated rings. The molecule has 4 heteroatoms. The Balaban J connectivity index is 1.98. The number of fused-ring (bicyclic) bond motifs is 2. The third-order valence-electron chi connectivity index (χ3n) is 5.62. The number of aryl methyl sites for hydroxylation is 1. The van der Waals surface area contributed by atoms with Gasteiger partial charge in [0.2, 0.25) is 0 Å². The van der Waals surface area contributed by atoms with Crippen LogP contribution in [0, 0.1) is 18.3 Å². The molecule has 3 nitrogen and oxygen atoms in total. The zero-order chi connectivity index (χ0) is 19.3. The number of benzene rings is 2. The maximum absolute atomic E-state index is 9.91. The van der Waals surface area contributed by atoms with Crippen LogP contribution in [-0.4, -0.2) is 9.55 Å². The van der Waals surface area contributed by atoms with Gasteiger partial charge in [0.05, 0.1) is 11.1 Å². The fraction of sp³-hybridized carbons (Fsp3) is 0.167. The summed E-state index contributed by atoms with van der Waals surface area (Å²) in [5, 5.41) is 9.91. The first kappa shape index (κ1) is 17.2. The lowest BCUT2D eigenvalue weighted by molar-refractivity contribution is 0.901. The van der Waals surface area contributed by atoms with Crippen molar-refractivity contribution >= 4 is 27.0 Å². The van der Waals surface area contributed by atoms with Crippen molar-refractivity contribution in [1.29, 1.82) is 5.26 Å². The summed E-state index contributed by atoms with van der Waals surface area (Å²) in [7, 11) is 0. The van der Waals surface area contributed by atoms with Crippen molar-refractivity contribution in [3.05, 3.63) is 81.6 Å². The van der Waals surface area contributed by atoms with Gasteiger partial charge in [-0.15, -0.1) is 0 Å². The topological polar surface area (TPSA) is 41.6 Å². The van der Waals surface area contributed by atoms with Crippen LogP contribution < -0.4 is 0 Å². The van der Waals surface area contributed by atoms with Crippen molar-refractivity contribution in [3.63, 3.8) is 0 Å². The highest BCUT2D eigenvalue weighted by molar-refractivity contribution is 9.10. The van der Waals surface area contributed by atoms with Crippen LogP contribution in [0.5, 0.6) is 0 Å². The molecular weight excluding hydrogens is 410 g/mol. The number of nitrogens with zero attached hydrogens (tertiary/aromatic N) is 3. The fourth-order valence-electron chi connectivity index (χ4n) is 4.37. The van der Waals surface area contributed by atoms with E-state index in [0.29, 0.717) is 5.56 Å². The lowest BCUT2D eigenvalue weighted by Gasteiger charge is -2.15. The second kappa shape index (κ2) is 6.61. The summed E-state index contributed by atoms with van der Waals surface area (Å²) in [5.74, 6) is 0. The van der Waals surface area contributed by atoms with E-state index in [0.717, 1.165) is 51.8 Å². The molecule has 0 aliphatic heterocycles.